The topological polar surface area (TPSA) is 52.0 Å². The van der Waals surface area contributed by atoms with Gasteiger partial charge in [-0.25, -0.2) is 4.39 Å². The maximum Gasteiger partial charge on any atom is 0.159 e. The van der Waals surface area contributed by atoms with Crippen molar-refractivity contribution in [3.05, 3.63) is 51.8 Å². The molecule has 20 heavy (non-hydrogen) atoms. The monoisotopic (exact) mass is 310 g/mol. The van der Waals surface area contributed by atoms with E-state index < -0.39 is 5.82 Å². The standard InChI is InChI=1S/C15H16ClFN2S/c1-8-3-9(2)5-10(4-8)7-20-15-12(19)6-11(18)13(16)14(15)17/h3-6H,7,18-19H2,1-2H3. The normalized spacial score (nSPS) is 10.8. The van der Waals surface area contributed by atoms with Crippen molar-refractivity contribution in [1.29, 1.82) is 0 Å². The van der Waals surface area contributed by atoms with Gasteiger partial charge in [0.2, 0.25) is 0 Å². The molecule has 5 heteroatoms. The highest BCUT2D eigenvalue weighted by Crippen LogP contribution is 2.37. The fraction of sp³-hybridized carbons (Fsp3) is 0.200. The Morgan fingerprint density at radius 2 is 1.65 bits per heavy atom. The van der Waals surface area contributed by atoms with Gasteiger partial charge in [-0.3, -0.25) is 0 Å². The van der Waals surface area contributed by atoms with Crippen LogP contribution in [0.1, 0.15) is 16.7 Å². The van der Waals surface area contributed by atoms with Gasteiger partial charge in [0.15, 0.2) is 5.82 Å². The van der Waals surface area contributed by atoms with Crippen LogP contribution in [0, 0.1) is 19.7 Å². The molecule has 0 fully saturated rings. The molecule has 0 aliphatic rings. The van der Waals surface area contributed by atoms with E-state index in [0.717, 1.165) is 5.56 Å². The SMILES string of the molecule is Cc1cc(C)cc(CSc2c(N)cc(N)c(Cl)c2F)c1. The first-order valence-electron chi connectivity index (χ1n) is 6.11. The summed E-state index contributed by atoms with van der Waals surface area (Å²) in [5, 5.41) is -0.0675. The third-order valence-corrected chi connectivity index (χ3v) is 4.45. The number of halogens is 2. The van der Waals surface area contributed by atoms with Crippen molar-refractivity contribution < 1.29 is 4.39 Å². The van der Waals surface area contributed by atoms with Gasteiger partial charge in [-0.2, -0.15) is 0 Å². The molecule has 2 rings (SSSR count). The van der Waals surface area contributed by atoms with Crippen molar-refractivity contribution in [3.63, 3.8) is 0 Å². The van der Waals surface area contributed by atoms with Crippen molar-refractivity contribution >= 4 is 34.7 Å². The molecule has 0 unspecified atom stereocenters. The summed E-state index contributed by atoms with van der Waals surface area (Å²) >= 11 is 7.15. The van der Waals surface area contributed by atoms with Crippen molar-refractivity contribution in [2.75, 3.05) is 11.5 Å². The molecule has 106 valence electrons. The number of hydrogen-bond acceptors (Lipinski definition) is 3. The molecule has 2 aromatic rings. The van der Waals surface area contributed by atoms with E-state index in [0.29, 0.717) is 16.3 Å². The van der Waals surface area contributed by atoms with Crippen LogP contribution in [0.4, 0.5) is 15.8 Å². The smallest absolute Gasteiger partial charge is 0.159 e. The van der Waals surface area contributed by atoms with Crippen LogP contribution < -0.4 is 11.5 Å². The molecule has 0 aromatic heterocycles. The highest BCUT2D eigenvalue weighted by Gasteiger charge is 2.14. The molecule has 0 bridgehead atoms. The maximum atomic E-state index is 14.1. The lowest BCUT2D eigenvalue weighted by atomic mass is 10.1. The van der Waals surface area contributed by atoms with E-state index >= 15 is 0 Å². The summed E-state index contributed by atoms with van der Waals surface area (Å²) in [7, 11) is 0. The molecule has 0 saturated heterocycles. The van der Waals surface area contributed by atoms with Crippen LogP contribution in [0.2, 0.25) is 5.02 Å². The van der Waals surface area contributed by atoms with Gasteiger partial charge in [0, 0.05) is 5.75 Å². The van der Waals surface area contributed by atoms with Gasteiger partial charge in [0.1, 0.15) is 5.02 Å². The molecule has 0 spiro atoms. The summed E-state index contributed by atoms with van der Waals surface area (Å²) in [6, 6.07) is 7.75. The zero-order valence-electron chi connectivity index (χ0n) is 11.3. The van der Waals surface area contributed by atoms with Crippen LogP contribution >= 0.6 is 23.4 Å². The molecular formula is C15H16ClFN2S. The molecule has 0 aliphatic heterocycles. The largest absolute Gasteiger partial charge is 0.398 e. The summed E-state index contributed by atoms with van der Waals surface area (Å²) in [6.45, 7) is 4.08. The van der Waals surface area contributed by atoms with Crippen molar-refractivity contribution in [2.24, 2.45) is 0 Å². The van der Waals surface area contributed by atoms with Crippen LogP contribution in [0.25, 0.3) is 0 Å². The zero-order valence-corrected chi connectivity index (χ0v) is 12.9. The lowest BCUT2D eigenvalue weighted by Gasteiger charge is -2.11. The van der Waals surface area contributed by atoms with Gasteiger partial charge in [-0.05, 0) is 25.5 Å². The van der Waals surface area contributed by atoms with E-state index in [1.54, 1.807) is 0 Å². The highest BCUT2D eigenvalue weighted by atomic mass is 35.5. The number of nitrogen functional groups attached to an aromatic ring is 2. The van der Waals surface area contributed by atoms with Gasteiger partial charge >= 0.3 is 0 Å². The summed E-state index contributed by atoms with van der Waals surface area (Å²) in [5.74, 6) is 0.0858. The molecule has 2 aromatic carbocycles. The van der Waals surface area contributed by atoms with Crippen molar-refractivity contribution in [1.82, 2.24) is 0 Å². The predicted molar refractivity (Wildman–Crippen MR) is 85.7 cm³/mol. The first-order valence-corrected chi connectivity index (χ1v) is 7.47. The summed E-state index contributed by atoms with van der Waals surface area (Å²) < 4.78 is 14.1. The van der Waals surface area contributed by atoms with E-state index in [1.807, 2.05) is 13.8 Å². The van der Waals surface area contributed by atoms with Crippen LogP contribution in [0.15, 0.2) is 29.2 Å². The lowest BCUT2D eigenvalue weighted by molar-refractivity contribution is 0.604. The van der Waals surface area contributed by atoms with Gasteiger partial charge in [-0.1, -0.05) is 40.9 Å². The number of rotatable bonds is 3. The summed E-state index contributed by atoms with van der Waals surface area (Å²) in [4.78, 5) is 0.350. The fourth-order valence-corrected chi connectivity index (χ4v) is 3.24. The summed E-state index contributed by atoms with van der Waals surface area (Å²) in [5.41, 5.74) is 15.4. The van der Waals surface area contributed by atoms with Crippen molar-refractivity contribution in [2.45, 2.75) is 24.5 Å². The van der Waals surface area contributed by atoms with Crippen LogP contribution in [-0.2, 0) is 5.75 Å². The number of nitrogens with two attached hydrogens (primary N) is 2. The number of hydrogen-bond donors (Lipinski definition) is 2. The number of anilines is 2. The van der Waals surface area contributed by atoms with Gasteiger partial charge in [-0.15, -0.1) is 11.8 Å². The fourth-order valence-electron chi connectivity index (χ4n) is 2.10. The first kappa shape index (κ1) is 15.0. The van der Waals surface area contributed by atoms with E-state index in [1.165, 1.54) is 29.0 Å². The van der Waals surface area contributed by atoms with Gasteiger partial charge < -0.3 is 11.5 Å². The Morgan fingerprint density at radius 3 is 2.25 bits per heavy atom. The Labute approximate surface area is 127 Å². The first-order chi connectivity index (χ1) is 9.38. The molecule has 0 atom stereocenters. The molecule has 0 amide bonds. The van der Waals surface area contributed by atoms with E-state index in [2.05, 4.69) is 18.2 Å². The second kappa shape index (κ2) is 5.94. The Morgan fingerprint density at radius 1 is 1.05 bits per heavy atom. The number of thioether (sulfide) groups is 1. The molecule has 4 N–H and O–H groups in total. The molecular weight excluding hydrogens is 295 g/mol. The average Bonchev–Trinajstić information content (AvgIpc) is 2.35. The maximum absolute atomic E-state index is 14.1. The lowest BCUT2D eigenvalue weighted by Crippen LogP contribution is -1.98. The minimum Gasteiger partial charge on any atom is -0.398 e. The Kier molecular flexibility index (Phi) is 4.45. The van der Waals surface area contributed by atoms with Gasteiger partial charge in [0.25, 0.3) is 0 Å². The van der Waals surface area contributed by atoms with E-state index in [-0.39, 0.29) is 10.7 Å². The Balaban J connectivity index is 2.25. The Hall–Kier alpha value is -1.39. The number of aryl methyl sites for hydroxylation is 2. The molecule has 0 saturated carbocycles. The second-order valence-electron chi connectivity index (χ2n) is 4.80. The zero-order chi connectivity index (χ0) is 14.9. The predicted octanol–water partition coefficient (Wildman–Crippen LogP) is 4.55. The average molecular weight is 311 g/mol. The van der Waals surface area contributed by atoms with Crippen LogP contribution in [0.5, 0.6) is 0 Å². The van der Waals surface area contributed by atoms with Gasteiger partial charge in [0.05, 0.1) is 16.3 Å². The molecule has 0 aliphatic carbocycles. The van der Waals surface area contributed by atoms with Crippen molar-refractivity contribution in [3.8, 4) is 0 Å². The van der Waals surface area contributed by atoms with Crippen LogP contribution in [-0.4, -0.2) is 0 Å². The molecule has 0 heterocycles. The minimum atomic E-state index is -0.543. The quantitative estimate of drug-likeness (QED) is 0.646. The van der Waals surface area contributed by atoms with E-state index in [9.17, 15) is 4.39 Å². The Bertz CT molecular complexity index is 639. The third-order valence-electron chi connectivity index (χ3n) is 2.88. The van der Waals surface area contributed by atoms with E-state index in [4.69, 9.17) is 23.1 Å². The third kappa shape index (κ3) is 3.19. The minimum absolute atomic E-state index is 0.0675. The summed E-state index contributed by atoms with van der Waals surface area (Å²) in [6.07, 6.45) is 0. The molecule has 0 radical (unpaired) electrons. The highest BCUT2D eigenvalue weighted by molar-refractivity contribution is 7.98. The number of benzene rings is 2. The molecule has 2 nitrogen and oxygen atoms in total. The second-order valence-corrected chi connectivity index (χ2v) is 6.16. The van der Waals surface area contributed by atoms with Crippen LogP contribution in [0.3, 0.4) is 0 Å².